The van der Waals surface area contributed by atoms with E-state index in [0.29, 0.717) is 13.2 Å². The molecule has 0 radical (unpaired) electrons. The van der Waals surface area contributed by atoms with Crippen molar-refractivity contribution in [1.29, 1.82) is 0 Å². The van der Waals surface area contributed by atoms with Crippen LogP contribution in [-0.4, -0.2) is 24.9 Å². The summed E-state index contributed by atoms with van der Waals surface area (Å²) in [6.45, 7) is 1.01. The second-order valence-corrected chi connectivity index (χ2v) is 4.32. The molecule has 0 heterocycles. The van der Waals surface area contributed by atoms with Crippen molar-refractivity contribution in [2.75, 3.05) is 19.8 Å². The highest BCUT2D eigenvalue weighted by Gasteiger charge is 2.00. The molecule has 0 saturated carbocycles. The van der Waals surface area contributed by atoms with Crippen molar-refractivity contribution in [2.45, 2.75) is 6.42 Å². The van der Waals surface area contributed by atoms with Gasteiger partial charge in [-0.05, 0) is 24.3 Å². The maximum atomic E-state index is 8.74. The van der Waals surface area contributed by atoms with Crippen LogP contribution in [0.25, 0.3) is 0 Å². The highest BCUT2D eigenvalue weighted by molar-refractivity contribution is 5.45. The van der Waals surface area contributed by atoms with Gasteiger partial charge in [0.2, 0.25) is 0 Å². The van der Waals surface area contributed by atoms with Crippen LogP contribution in [0, 0.1) is 11.8 Å². The smallest absolute Gasteiger partial charge is 0.134 e. The molecule has 0 unspecified atom stereocenters. The van der Waals surface area contributed by atoms with Gasteiger partial charge in [-0.25, -0.2) is 0 Å². The molecule has 0 aromatic heterocycles. The largest absolute Gasteiger partial charge is 0.493 e. The van der Waals surface area contributed by atoms with E-state index in [-0.39, 0.29) is 6.61 Å². The highest BCUT2D eigenvalue weighted by Crippen LogP contribution is 2.17. The number of hydrogen-bond acceptors (Lipinski definition) is 3. The fraction of sp³-hybridized carbons (Fsp3) is 0.222. The molecule has 0 aliphatic heterocycles. The number of ether oxygens (including phenoxy) is 2. The Bertz CT molecular complexity index is 597. The number of benzene rings is 2. The van der Waals surface area contributed by atoms with E-state index < -0.39 is 0 Å². The lowest BCUT2D eigenvalue weighted by Gasteiger charge is -2.09. The van der Waals surface area contributed by atoms with Crippen molar-refractivity contribution in [3.05, 3.63) is 60.2 Å². The van der Waals surface area contributed by atoms with Gasteiger partial charge in [0, 0.05) is 6.42 Å². The third-order valence-electron chi connectivity index (χ3n) is 2.75. The molecule has 2 aromatic carbocycles. The summed E-state index contributed by atoms with van der Waals surface area (Å²) in [7, 11) is 0. The van der Waals surface area contributed by atoms with Crippen molar-refractivity contribution in [3.63, 3.8) is 0 Å². The normalized spacial score (nSPS) is 9.57. The SMILES string of the molecule is OCC#Cc1ccccc1OCCCOc1ccccc1. The van der Waals surface area contributed by atoms with Crippen LogP contribution in [0.15, 0.2) is 54.6 Å². The summed E-state index contributed by atoms with van der Waals surface area (Å²) >= 11 is 0. The van der Waals surface area contributed by atoms with Gasteiger partial charge in [0.25, 0.3) is 0 Å². The summed E-state index contributed by atoms with van der Waals surface area (Å²) in [5.41, 5.74) is 0.788. The van der Waals surface area contributed by atoms with Crippen molar-refractivity contribution < 1.29 is 14.6 Å². The summed E-state index contributed by atoms with van der Waals surface area (Å²) in [5, 5.41) is 8.74. The third kappa shape index (κ3) is 5.21. The molecule has 0 fully saturated rings. The van der Waals surface area contributed by atoms with Gasteiger partial charge in [-0.2, -0.15) is 0 Å². The maximum absolute atomic E-state index is 8.74. The molecule has 3 heteroatoms. The summed E-state index contributed by atoms with van der Waals surface area (Å²) in [4.78, 5) is 0. The van der Waals surface area contributed by atoms with Crippen LogP contribution in [0.3, 0.4) is 0 Å². The Morgan fingerprint density at radius 1 is 0.857 bits per heavy atom. The minimum atomic E-state index is -0.154. The summed E-state index contributed by atoms with van der Waals surface area (Å²) in [5.74, 6) is 7.10. The van der Waals surface area contributed by atoms with Gasteiger partial charge in [0.15, 0.2) is 0 Å². The molecule has 0 saturated heterocycles. The first-order valence-corrected chi connectivity index (χ1v) is 6.89. The first-order valence-electron chi connectivity index (χ1n) is 6.89. The summed E-state index contributed by atoms with van der Waals surface area (Å²) < 4.78 is 11.3. The number of aliphatic hydroxyl groups excluding tert-OH is 1. The molecule has 21 heavy (non-hydrogen) atoms. The Morgan fingerprint density at radius 3 is 2.38 bits per heavy atom. The van der Waals surface area contributed by atoms with E-state index in [9.17, 15) is 0 Å². The van der Waals surface area contributed by atoms with Crippen LogP contribution < -0.4 is 9.47 Å². The van der Waals surface area contributed by atoms with Crippen molar-refractivity contribution in [3.8, 4) is 23.3 Å². The fourth-order valence-corrected chi connectivity index (χ4v) is 1.78. The summed E-state index contributed by atoms with van der Waals surface area (Å²) in [6, 6.07) is 17.3. The fourth-order valence-electron chi connectivity index (χ4n) is 1.78. The molecule has 3 nitrogen and oxygen atoms in total. The van der Waals surface area contributed by atoms with Gasteiger partial charge in [-0.15, -0.1) is 0 Å². The second-order valence-electron chi connectivity index (χ2n) is 4.32. The minimum Gasteiger partial charge on any atom is -0.493 e. The van der Waals surface area contributed by atoms with E-state index >= 15 is 0 Å². The molecule has 2 rings (SSSR count). The highest BCUT2D eigenvalue weighted by atomic mass is 16.5. The van der Waals surface area contributed by atoms with E-state index in [1.165, 1.54) is 0 Å². The lowest BCUT2D eigenvalue weighted by molar-refractivity contribution is 0.247. The molecule has 0 spiro atoms. The Balaban J connectivity index is 1.76. The first-order chi connectivity index (χ1) is 10.4. The Hall–Kier alpha value is -2.44. The minimum absolute atomic E-state index is 0.154. The van der Waals surface area contributed by atoms with E-state index in [1.807, 2.05) is 54.6 Å². The molecule has 0 aliphatic carbocycles. The molecule has 0 atom stereocenters. The van der Waals surface area contributed by atoms with E-state index in [1.54, 1.807) is 0 Å². The number of para-hydroxylation sites is 2. The molecular formula is C18H18O3. The second kappa shape index (κ2) is 8.68. The quantitative estimate of drug-likeness (QED) is 0.654. The maximum Gasteiger partial charge on any atom is 0.134 e. The number of rotatable bonds is 6. The van der Waals surface area contributed by atoms with Crippen LogP contribution in [0.4, 0.5) is 0 Å². The summed E-state index contributed by atoms with van der Waals surface area (Å²) in [6.07, 6.45) is 0.788. The first kappa shape index (κ1) is 15.0. The van der Waals surface area contributed by atoms with Gasteiger partial charge >= 0.3 is 0 Å². The predicted octanol–water partition coefficient (Wildman–Crippen LogP) is 2.88. The van der Waals surface area contributed by atoms with Crippen LogP contribution in [0.5, 0.6) is 11.5 Å². The third-order valence-corrected chi connectivity index (χ3v) is 2.75. The zero-order valence-corrected chi connectivity index (χ0v) is 11.8. The predicted molar refractivity (Wildman–Crippen MR) is 82.5 cm³/mol. The van der Waals surface area contributed by atoms with Crippen LogP contribution >= 0.6 is 0 Å². The van der Waals surface area contributed by atoms with Gasteiger partial charge in [-0.3, -0.25) is 0 Å². The van der Waals surface area contributed by atoms with Gasteiger partial charge in [-0.1, -0.05) is 42.2 Å². The molecule has 0 amide bonds. The van der Waals surface area contributed by atoms with Gasteiger partial charge in [0.1, 0.15) is 18.1 Å². The molecule has 108 valence electrons. The lowest BCUT2D eigenvalue weighted by Crippen LogP contribution is -2.05. The standard InChI is InChI=1S/C18H18O3/c19-13-6-9-16-8-4-5-12-18(16)21-15-7-14-20-17-10-2-1-3-11-17/h1-5,8,10-12,19H,7,13-15H2. The topological polar surface area (TPSA) is 38.7 Å². The van der Waals surface area contributed by atoms with E-state index in [0.717, 1.165) is 23.5 Å². The Kier molecular flexibility index (Phi) is 6.18. The molecule has 0 aliphatic rings. The molecule has 2 aromatic rings. The zero-order chi connectivity index (χ0) is 14.8. The van der Waals surface area contributed by atoms with Crippen molar-refractivity contribution in [2.24, 2.45) is 0 Å². The lowest BCUT2D eigenvalue weighted by atomic mass is 10.2. The van der Waals surface area contributed by atoms with Gasteiger partial charge in [0.05, 0.1) is 18.8 Å². The van der Waals surface area contributed by atoms with Crippen LogP contribution in [-0.2, 0) is 0 Å². The van der Waals surface area contributed by atoms with Crippen molar-refractivity contribution in [1.82, 2.24) is 0 Å². The average Bonchev–Trinajstić information content (AvgIpc) is 2.54. The van der Waals surface area contributed by atoms with Gasteiger partial charge < -0.3 is 14.6 Å². The molecular weight excluding hydrogens is 264 g/mol. The monoisotopic (exact) mass is 282 g/mol. The van der Waals surface area contributed by atoms with Crippen LogP contribution in [0.2, 0.25) is 0 Å². The average molecular weight is 282 g/mol. The molecule has 1 N–H and O–H groups in total. The number of hydrogen-bond donors (Lipinski definition) is 1. The van der Waals surface area contributed by atoms with Crippen LogP contribution in [0.1, 0.15) is 12.0 Å². The number of aliphatic hydroxyl groups is 1. The molecule has 0 bridgehead atoms. The van der Waals surface area contributed by atoms with E-state index in [2.05, 4.69) is 11.8 Å². The Labute approximate surface area is 125 Å². The van der Waals surface area contributed by atoms with Crippen molar-refractivity contribution >= 4 is 0 Å². The van der Waals surface area contributed by atoms with E-state index in [4.69, 9.17) is 14.6 Å². The zero-order valence-electron chi connectivity index (χ0n) is 11.8. The Morgan fingerprint density at radius 2 is 1.57 bits per heavy atom.